The summed E-state index contributed by atoms with van der Waals surface area (Å²) in [6.07, 6.45) is 2.96. The fraction of sp³-hybridized carbons (Fsp3) is 0.464. The molecule has 8 heteroatoms. The molecule has 7 nitrogen and oxygen atoms in total. The topological polar surface area (TPSA) is 59.2 Å². The zero-order valence-corrected chi connectivity index (χ0v) is 22.8. The summed E-state index contributed by atoms with van der Waals surface area (Å²) in [6.45, 7) is 13.0. The molecule has 3 aromatic heterocycles. The Hall–Kier alpha value is -3.15. The molecule has 1 aliphatic heterocycles. The van der Waals surface area contributed by atoms with E-state index in [9.17, 15) is 4.79 Å². The number of anilines is 1. The van der Waals surface area contributed by atoms with Crippen molar-refractivity contribution in [3.63, 3.8) is 0 Å². The van der Waals surface area contributed by atoms with Crippen molar-refractivity contribution < 1.29 is 0 Å². The highest BCUT2D eigenvalue weighted by molar-refractivity contribution is 7.18. The van der Waals surface area contributed by atoms with E-state index in [1.54, 1.807) is 22.0 Å². The Labute approximate surface area is 216 Å². The van der Waals surface area contributed by atoms with E-state index in [2.05, 4.69) is 72.5 Å². The zero-order valence-electron chi connectivity index (χ0n) is 21.9. The number of benzene rings is 1. The van der Waals surface area contributed by atoms with Gasteiger partial charge < -0.3 is 9.47 Å². The van der Waals surface area contributed by atoms with E-state index in [1.165, 1.54) is 10.3 Å². The van der Waals surface area contributed by atoms with Crippen LogP contribution < -0.4 is 10.5 Å². The first-order valence-electron chi connectivity index (χ1n) is 12.7. The standard InChI is InChI=1S/C28H34N6OS/c1-7-9-12-32-17-25-28(30-32)24(14-27(35)31(25)6)33-16-22(8-2)34(15-18(33)3)19(4)21-10-11-23-26(13-21)36-20(5)29-23/h10-11,13-14,17-19,22H,8,12,15-16H2,1-6H3/t18-,19?,22+/m0/s1. The molecule has 0 N–H and O–H groups in total. The van der Waals surface area contributed by atoms with Crippen molar-refractivity contribution in [2.45, 2.75) is 65.7 Å². The summed E-state index contributed by atoms with van der Waals surface area (Å²) in [6, 6.07) is 9.34. The Balaban J connectivity index is 1.47. The summed E-state index contributed by atoms with van der Waals surface area (Å²) in [5, 5.41) is 5.94. The molecule has 5 rings (SSSR count). The van der Waals surface area contributed by atoms with E-state index in [-0.39, 0.29) is 11.6 Å². The van der Waals surface area contributed by atoms with Crippen molar-refractivity contribution in [1.29, 1.82) is 0 Å². The van der Waals surface area contributed by atoms with E-state index in [0.717, 1.165) is 46.8 Å². The van der Waals surface area contributed by atoms with Gasteiger partial charge in [0.15, 0.2) is 0 Å². The number of nitrogens with zero attached hydrogens (tertiary/aromatic N) is 6. The van der Waals surface area contributed by atoms with E-state index < -0.39 is 0 Å². The number of hydrogen-bond donors (Lipinski definition) is 0. The van der Waals surface area contributed by atoms with Gasteiger partial charge in [-0.25, -0.2) is 4.98 Å². The molecule has 0 bridgehead atoms. The number of aryl methyl sites for hydroxylation is 2. The molecule has 1 fully saturated rings. The average Bonchev–Trinajstić information content (AvgIpc) is 3.46. The molecule has 36 heavy (non-hydrogen) atoms. The van der Waals surface area contributed by atoms with Crippen LogP contribution >= 0.6 is 11.3 Å². The second-order valence-electron chi connectivity index (χ2n) is 9.81. The lowest BCUT2D eigenvalue weighted by atomic mass is 9.98. The minimum absolute atomic E-state index is 0.0113. The number of rotatable bonds is 5. The van der Waals surface area contributed by atoms with Crippen LogP contribution in [0.2, 0.25) is 0 Å². The summed E-state index contributed by atoms with van der Waals surface area (Å²) in [4.78, 5) is 22.5. The van der Waals surface area contributed by atoms with Gasteiger partial charge in [0, 0.05) is 44.3 Å². The monoisotopic (exact) mass is 502 g/mol. The van der Waals surface area contributed by atoms with Gasteiger partial charge in [0.1, 0.15) is 12.1 Å². The van der Waals surface area contributed by atoms with Gasteiger partial charge in [0.25, 0.3) is 5.56 Å². The lowest BCUT2D eigenvalue weighted by Gasteiger charge is -2.48. The maximum atomic E-state index is 12.9. The lowest BCUT2D eigenvalue weighted by Crippen LogP contribution is -2.58. The van der Waals surface area contributed by atoms with Crippen molar-refractivity contribution >= 4 is 38.3 Å². The average molecular weight is 503 g/mol. The Morgan fingerprint density at radius 3 is 2.81 bits per heavy atom. The number of hydrogen-bond acceptors (Lipinski definition) is 6. The third-order valence-corrected chi connectivity index (χ3v) is 8.45. The van der Waals surface area contributed by atoms with Crippen molar-refractivity contribution in [1.82, 2.24) is 24.2 Å². The van der Waals surface area contributed by atoms with Crippen LogP contribution in [0.4, 0.5) is 5.69 Å². The van der Waals surface area contributed by atoms with Crippen LogP contribution in [0.15, 0.2) is 35.3 Å². The number of piperazine rings is 1. The molecule has 0 radical (unpaired) electrons. The van der Waals surface area contributed by atoms with Crippen LogP contribution in [0.25, 0.3) is 21.3 Å². The molecule has 3 atom stereocenters. The van der Waals surface area contributed by atoms with E-state index in [1.807, 2.05) is 24.9 Å². The van der Waals surface area contributed by atoms with Gasteiger partial charge in [-0.3, -0.25) is 14.4 Å². The molecule has 0 aliphatic carbocycles. The molecule has 1 aliphatic rings. The van der Waals surface area contributed by atoms with Gasteiger partial charge in [-0.2, -0.15) is 5.10 Å². The highest BCUT2D eigenvalue weighted by Crippen LogP contribution is 2.34. The largest absolute Gasteiger partial charge is 0.364 e. The van der Waals surface area contributed by atoms with Gasteiger partial charge in [0.2, 0.25) is 0 Å². The zero-order chi connectivity index (χ0) is 25.6. The van der Waals surface area contributed by atoms with Crippen LogP contribution in [0, 0.1) is 18.8 Å². The molecule has 1 aromatic carbocycles. The second kappa shape index (κ2) is 9.72. The molecule has 4 heterocycles. The smallest absolute Gasteiger partial charge is 0.252 e. The Kier molecular flexibility index (Phi) is 6.62. The predicted molar refractivity (Wildman–Crippen MR) is 149 cm³/mol. The van der Waals surface area contributed by atoms with Gasteiger partial charge in [-0.1, -0.05) is 18.9 Å². The van der Waals surface area contributed by atoms with Crippen LogP contribution in [0.1, 0.15) is 50.7 Å². The Morgan fingerprint density at radius 1 is 1.25 bits per heavy atom. The number of fused-ring (bicyclic) bond motifs is 2. The number of thiazole rings is 1. The number of pyridine rings is 1. The first-order valence-corrected chi connectivity index (χ1v) is 13.5. The molecule has 0 amide bonds. The van der Waals surface area contributed by atoms with Crippen LogP contribution in [0.3, 0.4) is 0 Å². The first kappa shape index (κ1) is 24.5. The van der Waals surface area contributed by atoms with Gasteiger partial charge >= 0.3 is 0 Å². The van der Waals surface area contributed by atoms with Crippen molar-refractivity contribution in [2.24, 2.45) is 7.05 Å². The molecule has 4 aromatic rings. The molecule has 188 valence electrons. The summed E-state index contributed by atoms with van der Waals surface area (Å²) in [5.41, 5.74) is 5.04. The summed E-state index contributed by atoms with van der Waals surface area (Å²) in [7, 11) is 1.81. The van der Waals surface area contributed by atoms with Crippen molar-refractivity contribution in [3.05, 3.63) is 51.4 Å². The summed E-state index contributed by atoms with van der Waals surface area (Å²) < 4.78 is 4.77. The summed E-state index contributed by atoms with van der Waals surface area (Å²) in [5.74, 6) is 6.00. The van der Waals surface area contributed by atoms with E-state index in [0.29, 0.717) is 18.6 Å². The van der Waals surface area contributed by atoms with Gasteiger partial charge in [0.05, 0.1) is 32.6 Å². The minimum Gasteiger partial charge on any atom is -0.364 e. The van der Waals surface area contributed by atoms with Crippen LogP contribution in [-0.4, -0.2) is 49.4 Å². The van der Waals surface area contributed by atoms with Crippen LogP contribution in [-0.2, 0) is 13.6 Å². The third kappa shape index (κ3) is 4.31. The van der Waals surface area contributed by atoms with E-state index in [4.69, 9.17) is 5.10 Å². The highest BCUT2D eigenvalue weighted by atomic mass is 32.1. The lowest BCUT2D eigenvalue weighted by molar-refractivity contribution is 0.106. The van der Waals surface area contributed by atoms with Crippen molar-refractivity contribution in [3.8, 4) is 11.8 Å². The van der Waals surface area contributed by atoms with Crippen LogP contribution in [0.5, 0.6) is 0 Å². The van der Waals surface area contributed by atoms with Crippen molar-refractivity contribution in [2.75, 3.05) is 18.0 Å². The fourth-order valence-corrected chi connectivity index (χ4v) is 6.32. The SMILES string of the molecule is CC#CCn1cc2c(n1)c(N1C[C@@H](CC)N(C(C)c3ccc4nc(C)sc4c3)C[C@@H]1C)cc(=O)n2C. The molecular weight excluding hydrogens is 468 g/mol. The third-order valence-electron chi connectivity index (χ3n) is 7.52. The maximum Gasteiger partial charge on any atom is 0.252 e. The van der Waals surface area contributed by atoms with Gasteiger partial charge in [-0.15, -0.1) is 17.3 Å². The maximum absolute atomic E-state index is 12.9. The van der Waals surface area contributed by atoms with E-state index >= 15 is 0 Å². The first-order chi connectivity index (χ1) is 17.3. The predicted octanol–water partition coefficient (Wildman–Crippen LogP) is 4.73. The number of aromatic nitrogens is 4. The molecular formula is C28H34N6OS. The highest BCUT2D eigenvalue weighted by Gasteiger charge is 2.35. The molecule has 0 saturated carbocycles. The summed E-state index contributed by atoms with van der Waals surface area (Å²) >= 11 is 1.76. The Morgan fingerprint density at radius 2 is 2.06 bits per heavy atom. The molecule has 1 saturated heterocycles. The molecule has 1 unspecified atom stereocenters. The minimum atomic E-state index is -0.0113. The molecule has 0 spiro atoms. The fourth-order valence-electron chi connectivity index (χ4n) is 5.45. The normalized spacial score (nSPS) is 19.6. The quantitative estimate of drug-likeness (QED) is 0.370. The second-order valence-corrected chi connectivity index (χ2v) is 11.0. The Bertz CT molecular complexity index is 1540. The van der Waals surface area contributed by atoms with Gasteiger partial charge in [-0.05, 0) is 51.8 Å².